The molecule has 1 aromatic heterocycles. The van der Waals surface area contributed by atoms with Crippen LogP contribution in [0, 0.1) is 18.3 Å². The van der Waals surface area contributed by atoms with Gasteiger partial charge in [-0.25, -0.2) is 4.79 Å². The molecule has 0 spiro atoms. The molecule has 0 atom stereocenters. The Bertz CT molecular complexity index is 745. The molecule has 2 aromatic rings. The maximum absolute atomic E-state index is 12.2. The third-order valence-corrected chi connectivity index (χ3v) is 4.17. The molecule has 1 amide bonds. The highest BCUT2D eigenvalue weighted by molar-refractivity contribution is 7.18. The predicted molar refractivity (Wildman–Crippen MR) is 84.1 cm³/mol. The fraction of sp³-hybridized carbons (Fsp3) is 0.188. The van der Waals surface area contributed by atoms with Gasteiger partial charge in [0, 0.05) is 5.56 Å². The molecule has 1 heterocycles. The first-order valence-corrected chi connectivity index (χ1v) is 7.47. The van der Waals surface area contributed by atoms with Crippen LogP contribution >= 0.6 is 11.3 Å². The summed E-state index contributed by atoms with van der Waals surface area (Å²) in [7, 11) is 0. The Labute approximate surface area is 132 Å². The van der Waals surface area contributed by atoms with Crippen LogP contribution in [0.5, 0.6) is 0 Å². The molecule has 0 fully saturated rings. The van der Waals surface area contributed by atoms with E-state index in [1.165, 1.54) is 0 Å². The molecule has 0 saturated carbocycles. The summed E-state index contributed by atoms with van der Waals surface area (Å²) in [6.45, 7) is 3.63. The molecule has 1 aromatic carbocycles. The quantitative estimate of drug-likeness (QED) is 0.878. The number of thiophene rings is 1. The molecule has 0 aliphatic rings. The number of ether oxygens (including phenoxy) is 1. The first-order valence-electron chi connectivity index (χ1n) is 6.65. The molecule has 1 N–H and O–H groups in total. The second-order valence-electron chi connectivity index (χ2n) is 4.41. The SMILES string of the molecule is CCOC(=O)c1sc(NC(=O)c2ccccc2)c(C#N)c1C. The number of benzene rings is 1. The average molecular weight is 314 g/mol. The van der Waals surface area contributed by atoms with Gasteiger partial charge in [-0.3, -0.25) is 4.79 Å². The van der Waals surface area contributed by atoms with Gasteiger partial charge in [0.05, 0.1) is 12.2 Å². The lowest BCUT2D eigenvalue weighted by molar-refractivity contribution is 0.0531. The van der Waals surface area contributed by atoms with Gasteiger partial charge in [0.2, 0.25) is 0 Å². The Morgan fingerprint density at radius 1 is 1.32 bits per heavy atom. The Hall–Kier alpha value is -2.65. The number of amides is 1. The predicted octanol–water partition coefficient (Wildman–Crippen LogP) is 3.36. The van der Waals surface area contributed by atoms with Crippen LogP contribution in [0.2, 0.25) is 0 Å². The molecule has 0 aliphatic carbocycles. The number of nitrogens with one attached hydrogen (secondary N) is 1. The summed E-state index contributed by atoms with van der Waals surface area (Å²) in [6.07, 6.45) is 0. The van der Waals surface area contributed by atoms with Gasteiger partial charge in [0.15, 0.2) is 0 Å². The lowest BCUT2D eigenvalue weighted by Gasteiger charge is -2.02. The van der Waals surface area contributed by atoms with Crippen molar-refractivity contribution >= 4 is 28.2 Å². The fourth-order valence-corrected chi connectivity index (χ4v) is 2.94. The molecule has 2 rings (SSSR count). The minimum Gasteiger partial charge on any atom is -0.462 e. The van der Waals surface area contributed by atoms with Crippen LogP contribution in [-0.2, 0) is 4.74 Å². The van der Waals surface area contributed by atoms with E-state index in [-0.39, 0.29) is 18.1 Å². The van der Waals surface area contributed by atoms with Crippen LogP contribution in [0.15, 0.2) is 30.3 Å². The number of hydrogen-bond acceptors (Lipinski definition) is 5. The Kier molecular flexibility index (Phi) is 4.92. The molecule has 0 aliphatic heterocycles. The van der Waals surface area contributed by atoms with Gasteiger partial charge in [0.1, 0.15) is 15.9 Å². The van der Waals surface area contributed by atoms with E-state index in [4.69, 9.17) is 4.74 Å². The largest absolute Gasteiger partial charge is 0.462 e. The monoisotopic (exact) mass is 314 g/mol. The minimum absolute atomic E-state index is 0.254. The Balaban J connectivity index is 2.32. The molecule has 6 heteroatoms. The number of esters is 1. The summed E-state index contributed by atoms with van der Waals surface area (Å²) in [6, 6.07) is 10.7. The summed E-state index contributed by atoms with van der Waals surface area (Å²) < 4.78 is 4.96. The smallest absolute Gasteiger partial charge is 0.348 e. The summed E-state index contributed by atoms with van der Waals surface area (Å²) in [5.74, 6) is -0.810. The van der Waals surface area contributed by atoms with Gasteiger partial charge in [0.25, 0.3) is 5.91 Å². The molecule has 0 saturated heterocycles. The van der Waals surface area contributed by atoms with Crippen molar-refractivity contribution in [1.82, 2.24) is 0 Å². The van der Waals surface area contributed by atoms with Crippen molar-refractivity contribution in [3.8, 4) is 6.07 Å². The number of nitrogens with zero attached hydrogens (tertiary/aromatic N) is 1. The maximum Gasteiger partial charge on any atom is 0.348 e. The fourth-order valence-electron chi connectivity index (χ4n) is 1.89. The summed E-state index contributed by atoms with van der Waals surface area (Å²) in [5, 5.41) is 12.3. The zero-order valence-corrected chi connectivity index (χ0v) is 13.0. The molecule has 0 bridgehead atoms. The minimum atomic E-state index is -0.485. The highest BCUT2D eigenvalue weighted by atomic mass is 32.1. The average Bonchev–Trinajstić information content (AvgIpc) is 2.84. The van der Waals surface area contributed by atoms with Crippen molar-refractivity contribution in [1.29, 1.82) is 5.26 Å². The molecule has 0 unspecified atom stereocenters. The summed E-state index contributed by atoms with van der Waals surface area (Å²) in [4.78, 5) is 24.4. The summed E-state index contributed by atoms with van der Waals surface area (Å²) >= 11 is 1.05. The third-order valence-electron chi connectivity index (χ3n) is 2.98. The van der Waals surface area contributed by atoms with Crippen molar-refractivity contribution in [2.24, 2.45) is 0 Å². The topological polar surface area (TPSA) is 79.2 Å². The maximum atomic E-state index is 12.2. The second-order valence-corrected chi connectivity index (χ2v) is 5.43. The van der Waals surface area contributed by atoms with E-state index in [0.29, 0.717) is 21.0 Å². The van der Waals surface area contributed by atoms with Gasteiger partial charge in [-0.15, -0.1) is 11.3 Å². The standard InChI is InChI=1S/C16H14N2O3S/c1-3-21-16(20)13-10(2)12(9-17)15(22-13)18-14(19)11-7-5-4-6-8-11/h4-8H,3H2,1-2H3,(H,18,19). The molecule has 5 nitrogen and oxygen atoms in total. The van der Waals surface area contributed by atoms with Crippen LogP contribution in [0.3, 0.4) is 0 Å². The van der Waals surface area contributed by atoms with Gasteiger partial charge in [-0.1, -0.05) is 18.2 Å². The first-order chi connectivity index (χ1) is 10.6. The van der Waals surface area contributed by atoms with Crippen molar-refractivity contribution in [2.45, 2.75) is 13.8 Å². The number of carbonyl (C=O) groups is 2. The van der Waals surface area contributed by atoms with Crippen LogP contribution < -0.4 is 5.32 Å². The zero-order valence-electron chi connectivity index (χ0n) is 12.2. The van der Waals surface area contributed by atoms with Gasteiger partial charge in [-0.05, 0) is 31.5 Å². The van der Waals surface area contributed by atoms with Gasteiger partial charge in [-0.2, -0.15) is 5.26 Å². The highest BCUT2D eigenvalue weighted by Crippen LogP contribution is 2.33. The number of nitriles is 1. The van der Waals surface area contributed by atoms with E-state index < -0.39 is 5.97 Å². The van der Waals surface area contributed by atoms with Crippen LogP contribution in [0.25, 0.3) is 0 Å². The lowest BCUT2D eigenvalue weighted by atomic mass is 10.1. The number of anilines is 1. The molecule has 112 valence electrons. The van der Waals surface area contributed by atoms with Crippen LogP contribution in [-0.4, -0.2) is 18.5 Å². The molecule has 0 radical (unpaired) electrons. The van der Waals surface area contributed by atoms with Crippen LogP contribution in [0.1, 0.15) is 38.1 Å². The number of hydrogen-bond donors (Lipinski definition) is 1. The van der Waals surface area contributed by atoms with E-state index in [1.807, 2.05) is 12.1 Å². The van der Waals surface area contributed by atoms with Gasteiger partial charge >= 0.3 is 5.97 Å². The Morgan fingerprint density at radius 3 is 2.59 bits per heavy atom. The van der Waals surface area contributed by atoms with Crippen molar-refractivity contribution < 1.29 is 14.3 Å². The zero-order chi connectivity index (χ0) is 16.1. The molecular weight excluding hydrogens is 300 g/mol. The Morgan fingerprint density at radius 2 is 2.00 bits per heavy atom. The van der Waals surface area contributed by atoms with Crippen molar-refractivity contribution in [2.75, 3.05) is 11.9 Å². The van der Waals surface area contributed by atoms with E-state index in [9.17, 15) is 14.9 Å². The van der Waals surface area contributed by atoms with E-state index in [2.05, 4.69) is 5.32 Å². The van der Waals surface area contributed by atoms with Crippen molar-refractivity contribution in [3.63, 3.8) is 0 Å². The molecular formula is C16H14N2O3S. The van der Waals surface area contributed by atoms with E-state index >= 15 is 0 Å². The van der Waals surface area contributed by atoms with Gasteiger partial charge < -0.3 is 10.1 Å². The molecule has 22 heavy (non-hydrogen) atoms. The number of carbonyl (C=O) groups excluding carboxylic acids is 2. The van der Waals surface area contributed by atoms with Crippen molar-refractivity contribution in [3.05, 3.63) is 51.9 Å². The third kappa shape index (κ3) is 3.15. The first kappa shape index (κ1) is 15.7. The number of rotatable bonds is 4. The lowest BCUT2D eigenvalue weighted by Crippen LogP contribution is -2.11. The van der Waals surface area contributed by atoms with E-state index in [0.717, 1.165) is 11.3 Å². The highest BCUT2D eigenvalue weighted by Gasteiger charge is 2.22. The normalized spacial score (nSPS) is 9.86. The van der Waals surface area contributed by atoms with Crippen LogP contribution in [0.4, 0.5) is 5.00 Å². The summed E-state index contributed by atoms with van der Waals surface area (Å²) in [5.41, 5.74) is 1.29. The second kappa shape index (κ2) is 6.87. The van der Waals surface area contributed by atoms with E-state index in [1.54, 1.807) is 38.1 Å².